The summed E-state index contributed by atoms with van der Waals surface area (Å²) in [7, 11) is 3.45. The molecule has 0 saturated heterocycles. The molecule has 0 radical (unpaired) electrons. The maximum absolute atomic E-state index is 14.6. The molecule has 10 nitrogen and oxygen atoms in total. The lowest BCUT2D eigenvalue weighted by molar-refractivity contribution is -0.255. The first-order valence-electron chi connectivity index (χ1n) is 21.8. The predicted octanol–water partition coefficient (Wildman–Crippen LogP) is 9.77. The van der Waals surface area contributed by atoms with Gasteiger partial charge in [0, 0.05) is 38.2 Å². The summed E-state index contributed by atoms with van der Waals surface area (Å²) < 4.78 is 26.5. The van der Waals surface area contributed by atoms with Crippen molar-refractivity contribution in [2.45, 2.75) is 95.5 Å². The van der Waals surface area contributed by atoms with Crippen molar-refractivity contribution in [1.82, 2.24) is 4.90 Å². The number of likely N-dealkylation sites (N-methyl/N-ethyl adjacent to an activating group) is 1. The van der Waals surface area contributed by atoms with Gasteiger partial charge in [-0.05, 0) is 123 Å². The number of aliphatic hydroxyl groups is 2. The Kier molecular flexibility index (Phi) is 13.9. The van der Waals surface area contributed by atoms with E-state index in [1.807, 2.05) is 82.4 Å². The minimum atomic E-state index is -1.34. The van der Waals surface area contributed by atoms with Crippen LogP contribution < -0.4 is 14.2 Å². The van der Waals surface area contributed by atoms with Crippen LogP contribution in [0.2, 0.25) is 0 Å². The third-order valence-electron chi connectivity index (χ3n) is 12.4. The average Bonchev–Trinajstić information content (AvgIpc) is 3.25. The predicted molar refractivity (Wildman–Crippen MR) is 239 cm³/mol. The maximum atomic E-state index is 14.6. The van der Waals surface area contributed by atoms with E-state index in [0.717, 1.165) is 64.6 Å². The molecule has 0 unspecified atom stereocenters. The number of carbonyl (C=O) groups excluding carboxylic acids is 1. The molecule has 2 N–H and O–H groups in total. The third-order valence-corrected chi connectivity index (χ3v) is 12.4. The van der Waals surface area contributed by atoms with Crippen molar-refractivity contribution in [3.8, 4) is 23.0 Å². The van der Waals surface area contributed by atoms with E-state index in [1.54, 1.807) is 18.1 Å². The number of nitrogens with zero attached hydrogens (tertiary/aromatic N) is 2. The van der Waals surface area contributed by atoms with Crippen LogP contribution in [-0.2, 0) is 20.8 Å². The largest absolute Gasteiger partial charge is 0.497 e. The quantitative estimate of drug-likeness (QED) is 0.0578. The van der Waals surface area contributed by atoms with E-state index < -0.39 is 23.3 Å². The molecule has 0 bridgehead atoms. The first-order valence-corrected chi connectivity index (χ1v) is 21.8. The molecule has 4 aromatic rings. The Hall–Kier alpha value is -5.16. The van der Waals surface area contributed by atoms with Crippen LogP contribution in [0.5, 0.6) is 23.0 Å². The summed E-state index contributed by atoms with van der Waals surface area (Å²) in [6, 6.07) is 27.3. The second kappa shape index (κ2) is 19.3. The fraction of sp³-hybridized carbons (Fsp3) is 0.451. The van der Waals surface area contributed by atoms with Crippen molar-refractivity contribution >= 4 is 22.4 Å². The van der Waals surface area contributed by atoms with Crippen LogP contribution in [0.15, 0.2) is 114 Å². The zero-order valence-electron chi connectivity index (χ0n) is 36.3. The van der Waals surface area contributed by atoms with Gasteiger partial charge in [-0.15, -0.1) is 6.58 Å². The molecule has 1 amide bonds. The number of methoxy groups -OCH3 is 1. The number of rotatable bonds is 18. The molecule has 4 aromatic carbocycles. The van der Waals surface area contributed by atoms with Gasteiger partial charge in [-0.2, -0.15) is 0 Å². The second-order valence-electron chi connectivity index (χ2n) is 17.6. The molecular formula is C51H62N2O8. The summed E-state index contributed by atoms with van der Waals surface area (Å²) >= 11 is 0. The van der Waals surface area contributed by atoms with Crippen molar-refractivity contribution < 1.29 is 38.8 Å². The Balaban J connectivity index is 1.40. The minimum absolute atomic E-state index is 0.0885. The van der Waals surface area contributed by atoms with Gasteiger partial charge in [0.25, 0.3) is 0 Å². The lowest BCUT2D eigenvalue weighted by atomic mass is 9.55. The van der Waals surface area contributed by atoms with Crippen LogP contribution >= 0.6 is 0 Å². The molecule has 2 aliphatic carbocycles. The Bertz CT molecular complexity index is 2230. The molecule has 6 atom stereocenters. The zero-order valence-corrected chi connectivity index (χ0v) is 36.3. The fourth-order valence-corrected chi connectivity index (χ4v) is 9.61. The number of hydrogen-bond acceptors (Lipinski definition) is 9. The lowest BCUT2D eigenvalue weighted by Crippen LogP contribution is -2.69. The number of amides is 1. The lowest BCUT2D eigenvalue weighted by Gasteiger charge is -2.59. The molecule has 0 spiro atoms. The molecule has 1 heterocycles. The first kappa shape index (κ1) is 43.9. The van der Waals surface area contributed by atoms with Gasteiger partial charge in [0.1, 0.15) is 34.6 Å². The van der Waals surface area contributed by atoms with Crippen molar-refractivity contribution in [3.05, 3.63) is 120 Å². The Morgan fingerprint density at radius 2 is 1.66 bits per heavy atom. The molecule has 324 valence electrons. The molecule has 7 rings (SSSR count). The minimum Gasteiger partial charge on any atom is -0.497 e. The fourth-order valence-electron chi connectivity index (χ4n) is 9.61. The van der Waals surface area contributed by atoms with Gasteiger partial charge in [-0.1, -0.05) is 72.6 Å². The van der Waals surface area contributed by atoms with Crippen molar-refractivity contribution in [2.75, 3.05) is 34.0 Å². The van der Waals surface area contributed by atoms with Crippen molar-refractivity contribution in [3.63, 3.8) is 0 Å². The number of unbranched alkanes of at least 4 members (excludes halogenated alkanes) is 2. The van der Waals surface area contributed by atoms with Gasteiger partial charge < -0.3 is 38.9 Å². The third kappa shape index (κ3) is 9.67. The number of aliphatic hydroxyl groups excluding tert-OH is 2. The summed E-state index contributed by atoms with van der Waals surface area (Å²) in [4.78, 5) is 22.6. The molecule has 3 aliphatic rings. The Morgan fingerprint density at radius 3 is 2.39 bits per heavy atom. The van der Waals surface area contributed by atoms with Crippen LogP contribution in [0.25, 0.3) is 10.8 Å². The van der Waals surface area contributed by atoms with E-state index in [1.165, 1.54) is 0 Å². The number of benzene rings is 4. The SMILES string of the molecule is C=CCO[C@@]12Oc3ccc(Oc4ccc5ccccc5c4)cc3[C@H]3[C@H](CCCCO)[C@@H](CCCCO)C=C(C(=NOC(C)(C)C)C[C@@H]1N(C)C(=O)Cc1cccc(OC)c1)[C@H]32. The van der Waals surface area contributed by atoms with Gasteiger partial charge in [-0.3, -0.25) is 4.79 Å². The molecule has 61 heavy (non-hydrogen) atoms. The monoisotopic (exact) mass is 830 g/mol. The standard InChI is InChI=1S/C51H62N2O8/c1-7-27-58-51-46(53(5)47(56)29-34-15-14-19-38(28-34)57-6)33-44(52-61-50(2,3)4)42-31-37(18-10-12-25-54)41(20-11-13-26-55)48(49(42)51)43-32-40(23-24-45(43)60-51)59-39-22-21-35-16-8-9-17-36(35)30-39/h7-9,14-17,19,21-24,28,30-32,37,41,46,48-49,54-55H,1,10-13,18,20,25-27,29,33H2,2-6H3/t37-,41+,46-,48+,49+,51+/m0/s1. The molecule has 1 aliphatic heterocycles. The van der Waals surface area contributed by atoms with Crippen LogP contribution in [0.1, 0.15) is 82.8 Å². The van der Waals surface area contributed by atoms with Gasteiger partial charge in [0.15, 0.2) is 0 Å². The second-order valence-corrected chi connectivity index (χ2v) is 17.6. The van der Waals surface area contributed by atoms with E-state index in [2.05, 4.69) is 43.0 Å². The number of fused-ring (bicyclic) bond motifs is 3. The maximum Gasteiger partial charge on any atom is 0.239 e. The molecular weight excluding hydrogens is 769 g/mol. The van der Waals surface area contributed by atoms with Crippen LogP contribution in [-0.4, -0.2) is 78.1 Å². The van der Waals surface area contributed by atoms with E-state index in [-0.39, 0.29) is 49.9 Å². The summed E-state index contributed by atoms with van der Waals surface area (Å²) in [5, 5.41) is 27.0. The van der Waals surface area contributed by atoms with E-state index in [4.69, 9.17) is 28.9 Å². The van der Waals surface area contributed by atoms with Gasteiger partial charge in [0.2, 0.25) is 11.7 Å². The summed E-state index contributed by atoms with van der Waals surface area (Å²) in [6.45, 7) is 10.4. The highest BCUT2D eigenvalue weighted by Crippen LogP contribution is 2.62. The van der Waals surface area contributed by atoms with Crippen molar-refractivity contribution in [1.29, 1.82) is 0 Å². The molecule has 0 aromatic heterocycles. The van der Waals surface area contributed by atoms with E-state index >= 15 is 0 Å². The molecule has 10 heteroatoms. The molecule has 1 fully saturated rings. The van der Waals surface area contributed by atoms with Crippen LogP contribution in [0.3, 0.4) is 0 Å². The van der Waals surface area contributed by atoms with Gasteiger partial charge in [-0.25, -0.2) is 0 Å². The summed E-state index contributed by atoms with van der Waals surface area (Å²) in [6.07, 6.45) is 9.29. The average molecular weight is 831 g/mol. The van der Waals surface area contributed by atoms with Crippen molar-refractivity contribution in [2.24, 2.45) is 22.9 Å². The van der Waals surface area contributed by atoms with Crippen LogP contribution in [0.4, 0.5) is 0 Å². The first-order chi connectivity index (χ1) is 29.5. The highest BCUT2D eigenvalue weighted by molar-refractivity contribution is 6.03. The number of allylic oxidation sites excluding steroid dienone is 1. The zero-order chi connectivity index (χ0) is 43.1. The highest BCUT2D eigenvalue weighted by Gasteiger charge is 2.65. The van der Waals surface area contributed by atoms with Gasteiger partial charge >= 0.3 is 0 Å². The summed E-state index contributed by atoms with van der Waals surface area (Å²) in [5.74, 6) is 0.923. The topological polar surface area (TPSA) is 119 Å². The number of carbonyl (C=O) groups is 1. The molecule has 1 saturated carbocycles. The highest BCUT2D eigenvalue weighted by atomic mass is 16.7. The Morgan fingerprint density at radius 1 is 0.918 bits per heavy atom. The number of ether oxygens (including phenoxy) is 4. The van der Waals surface area contributed by atoms with E-state index in [9.17, 15) is 15.0 Å². The number of oxime groups is 1. The van der Waals surface area contributed by atoms with Crippen LogP contribution in [0, 0.1) is 17.8 Å². The smallest absolute Gasteiger partial charge is 0.239 e. The summed E-state index contributed by atoms with van der Waals surface area (Å²) in [5.41, 5.74) is 3.00. The Labute approximate surface area is 360 Å². The van der Waals surface area contributed by atoms with Gasteiger partial charge in [0.05, 0.1) is 31.8 Å². The number of hydrogen-bond donors (Lipinski definition) is 2. The van der Waals surface area contributed by atoms with E-state index in [0.29, 0.717) is 36.5 Å². The normalized spacial score (nSPS) is 23.6.